The molecule has 8 heteroatoms. The molecule has 1 heterocycles. The number of pyridine rings is 1. The van der Waals surface area contributed by atoms with Crippen LogP contribution in [0.1, 0.15) is 5.56 Å². The Morgan fingerprint density at radius 3 is 2.05 bits per heavy atom. The summed E-state index contributed by atoms with van der Waals surface area (Å²) in [5.74, 6) is 0. The van der Waals surface area contributed by atoms with E-state index in [1.54, 1.807) is 0 Å². The van der Waals surface area contributed by atoms with Gasteiger partial charge in [0.2, 0.25) is 5.56 Å². The van der Waals surface area contributed by atoms with Crippen LogP contribution in [0.2, 0.25) is 15.1 Å². The summed E-state index contributed by atoms with van der Waals surface area (Å²) >= 11 is 17.5. The molecule has 0 atom stereocenters. The van der Waals surface area contributed by atoms with Crippen molar-refractivity contribution in [1.29, 1.82) is 0 Å². The van der Waals surface area contributed by atoms with Crippen LogP contribution in [0.4, 0.5) is 13.2 Å². The Kier molecular flexibility index (Phi) is 4.04. The predicted molar refractivity (Wildman–Crippen MR) is 72.5 cm³/mol. The smallest absolute Gasteiger partial charge is 0.328 e. The highest BCUT2D eigenvalue weighted by Crippen LogP contribution is 2.42. The largest absolute Gasteiger partial charge is 0.418 e. The van der Waals surface area contributed by atoms with Gasteiger partial charge in [-0.3, -0.25) is 4.79 Å². The molecule has 1 aromatic heterocycles. The number of nitrogens with one attached hydrogen (secondary N) is 1. The van der Waals surface area contributed by atoms with Crippen LogP contribution in [-0.2, 0) is 6.18 Å². The molecule has 0 radical (unpaired) electrons. The van der Waals surface area contributed by atoms with Crippen LogP contribution >= 0.6 is 34.8 Å². The number of aromatic nitrogens is 1. The molecule has 0 fully saturated rings. The molecule has 0 saturated carbocycles. The molecule has 0 bridgehead atoms. The predicted octanol–water partition coefficient (Wildman–Crippen LogP) is 5.02. The van der Waals surface area contributed by atoms with Gasteiger partial charge in [-0.05, 0) is 12.1 Å². The summed E-state index contributed by atoms with van der Waals surface area (Å²) in [7, 11) is 0. The highest BCUT2D eigenvalue weighted by molar-refractivity contribution is 6.41. The minimum atomic E-state index is -4.66. The first kappa shape index (κ1) is 15.2. The first-order valence-electron chi connectivity index (χ1n) is 5.15. The fourth-order valence-electron chi connectivity index (χ4n) is 1.71. The van der Waals surface area contributed by atoms with Crippen molar-refractivity contribution in [3.8, 4) is 11.1 Å². The summed E-state index contributed by atoms with van der Waals surface area (Å²) in [5, 5.41) is 0.0411. The van der Waals surface area contributed by atoms with E-state index in [1.165, 1.54) is 12.1 Å². The standard InChI is InChI=1S/C12H5Cl3F3NO/c13-5-1-8(14)11(9(15)2-5)6-3-10(20)19-4-7(6)12(16,17)18/h1-4H,(H,19,20). The van der Waals surface area contributed by atoms with E-state index in [9.17, 15) is 18.0 Å². The van der Waals surface area contributed by atoms with Crippen LogP contribution in [0, 0.1) is 0 Å². The van der Waals surface area contributed by atoms with Gasteiger partial charge < -0.3 is 4.98 Å². The highest BCUT2D eigenvalue weighted by Gasteiger charge is 2.35. The second-order valence-corrected chi connectivity index (χ2v) is 5.12. The van der Waals surface area contributed by atoms with Crippen molar-refractivity contribution in [2.24, 2.45) is 0 Å². The number of hydrogen-bond acceptors (Lipinski definition) is 1. The first-order valence-corrected chi connectivity index (χ1v) is 6.28. The monoisotopic (exact) mass is 341 g/mol. The van der Waals surface area contributed by atoms with Crippen LogP contribution < -0.4 is 5.56 Å². The Labute approximate surface area is 126 Å². The quantitative estimate of drug-likeness (QED) is 0.775. The molecule has 0 aliphatic rings. The molecule has 0 amide bonds. The van der Waals surface area contributed by atoms with E-state index in [1.807, 2.05) is 4.98 Å². The van der Waals surface area contributed by atoms with E-state index in [4.69, 9.17) is 34.8 Å². The summed E-state index contributed by atoms with van der Waals surface area (Å²) in [6.45, 7) is 0. The summed E-state index contributed by atoms with van der Waals surface area (Å²) in [5.41, 5.74) is -2.22. The van der Waals surface area contributed by atoms with Crippen LogP contribution in [0.15, 0.2) is 29.2 Å². The molecule has 2 rings (SSSR count). The van der Waals surface area contributed by atoms with Gasteiger partial charge in [0.15, 0.2) is 0 Å². The maximum absolute atomic E-state index is 13.0. The zero-order valence-electron chi connectivity index (χ0n) is 9.49. The van der Waals surface area contributed by atoms with E-state index >= 15 is 0 Å². The normalized spacial score (nSPS) is 11.7. The van der Waals surface area contributed by atoms with E-state index in [2.05, 4.69) is 0 Å². The van der Waals surface area contributed by atoms with Gasteiger partial charge >= 0.3 is 6.18 Å². The van der Waals surface area contributed by atoms with E-state index < -0.39 is 22.9 Å². The van der Waals surface area contributed by atoms with Gasteiger partial charge in [-0.2, -0.15) is 13.2 Å². The third-order valence-corrected chi connectivity index (χ3v) is 3.32. The van der Waals surface area contributed by atoms with E-state index in [0.717, 1.165) is 6.07 Å². The Morgan fingerprint density at radius 1 is 1.00 bits per heavy atom. The summed E-state index contributed by atoms with van der Waals surface area (Å²) < 4.78 is 38.9. The van der Waals surface area contributed by atoms with Gasteiger partial charge in [0.05, 0.1) is 15.6 Å². The number of aromatic amines is 1. The van der Waals surface area contributed by atoms with Crippen LogP contribution in [0.25, 0.3) is 11.1 Å². The van der Waals surface area contributed by atoms with Crippen molar-refractivity contribution in [2.45, 2.75) is 6.18 Å². The lowest BCUT2D eigenvalue weighted by atomic mass is 10.0. The molecule has 20 heavy (non-hydrogen) atoms. The fourth-order valence-corrected chi connectivity index (χ4v) is 2.73. The molecule has 106 valence electrons. The minimum Gasteiger partial charge on any atom is -0.328 e. The molecule has 0 saturated heterocycles. The maximum atomic E-state index is 13.0. The van der Waals surface area contributed by atoms with Gasteiger partial charge in [0, 0.05) is 28.4 Å². The Hall–Kier alpha value is -1.17. The Balaban J connectivity index is 2.83. The number of hydrogen-bond donors (Lipinski definition) is 1. The zero-order chi connectivity index (χ0) is 15.1. The SMILES string of the molecule is O=c1cc(-c2c(Cl)cc(Cl)cc2Cl)c(C(F)(F)F)c[nH]1. The second kappa shape index (κ2) is 5.31. The van der Waals surface area contributed by atoms with E-state index in [-0.39, 0.29) is 20.6 Å². The van der Waals surface area contributed by atoms with E-state index in [0.29, 0.717) is 6.20 Å². The molecule has 1 N–H and O–H groups in total. The molecule has 0 spiro atoms. The van der Waals surface area contributed by atoms with Crippen molar-refractivity contribution >= 4 is 34.8 Å². The zero-order valence-corrected chi connectivity index (χ0v) is 11.8. The van der Waals surface area contributed by atoms with Gasteiger partial charge in [-0.1, -0.05) is 34.8 Å². The van der Waals surface area contributed by atoms with Crippen molar-refractivity contribution < 1.29 is 13.2 Å². The second-order valence-electron chi connectivity index (χ2n) is 3.87. The summed E-state index contributed by atoms with van der Waals surface area (Å²) in [6, 6.07) is 3.31. The van der Waals surface area contributed by atoms with Crippen molar-refractivity contribution in [2.75, 3.05) is 0 Å². The Bertz CT molecular complexity index is 702. The number of H-pyrrole nitrogens is 1. The van der Waals surface area contributed by atoms with Crippen LogP contribution in [0.5, 0.6) is 0 Å². The summed E-state index contributed by atoms with van der Waals surface area (Å²) in [4.78, 5) is 13.3. The van der Waals surface area contributed by atoms with Crippen LogP contribution in [0.3, 0.4) is 0 Å². The molecular weight excluding hydrogens is 337 g/mol. The van der Waals surface area contributed by atoms with Gasteiger partial charge in [0.1, 0.15) is 0 Å². The number of benzene rings is 1. The van der Waals surface area contributed by atoms with Crippen molar-refractivity contribution in [1.82, 2.24) is 4.98 Å². The van der Waals surface area contributed by atoms with Crippen molar-refractivity contribution in [3.05, 3.63) is 55.4 Å². The molecule has 0 unspecified atom stereocenters. The average Bonchev–Trinajstić information content (AvgIpc) is 2.25. The third kappa shape index (κ3) is 2.95. The average molecular weight is 343 g/mol. The molecular formula is C12H5Cl3F3NO. The maximum Gasteiger partial charge on any atom is 0.418 e. The number of halogens is 6. The number of rotatable bonds is 1. The van der Waals surface area contributed by atoms with Gasteiger partial charge in [-0.15, -0.1) is 0 Å². The number of alkyl halides is 3. The van der Waals surface area contributed by atoms with Gasteiger partial charge in [0.25, 0.3) is 0 Å². The lowest BCUT2D eigenvalue weighted by molar-refractivity contribution is -0.137. The first-order chi connectivity index (χ1) is 9.20. The molecule has 0 aliphatic carbocycles. The lowest BCUT2D eigenvalue weighted by Crippen LogP contribution is -2.13. The highest BCUT2D eigenvalue weighted by atomic mass is 35.5. The molecule has 0 aliphatic heterocycles. The summed E-state index contributed by atoms with van der Waals surface area (Å²) in [6.07, 6.45) is -4.08. The van der Waals surface area contributed by atoms with Crippen LogP contribution in [-0.4, -0.2) is 4.98 Å². The molecule has 2 nitrogen and oxygen atoms in total. The third-order valence-electron chi connectivity index (χ3n) is 2.51. The molecule has 1 aromatic carbocycles. The Morgan fingerprint density at radius 2 is 1.55 bits per heavy atom. The van der Waals surface area contributed by atoms with Gasteiger partial charge in [-0.25, -0.2) is 0 Å². The topological polar surface area (TPSA) is 32.9 Å². The minimum absolute atomic E-state index is 0.0707. The lowest BCUT2D eigenvalue weighted by Gasteiger charge is -2.14. The fraction of sp³-hybridized carbons (Fsp3) is 0.0833. The van der Waals surface area contributed by atoms with Crippen molar-refractivity contribution in [3.63, 3.8) is 0 Å². The molecule has 2 aromatic rings.